The number of anilines is 1. The Morgan fingerprint density at radius 1 is 1.08 bits per heavy atom. The van der Waals surface area contributed by atoms with Gasteiger partial charge in [0, 0.05) is 36.3 Å². The number of aromatic nitrogens is 3. The van der Waals surface area contributed by atoms with Crippen LogP contribution in [0, 0.1) is 18.6 Å². The van der Waals surface area contributed by atoms with Crippen molar-refractivity contribution < 1.29 is 8.78 Å². The highest BCUT2D eigenvalue weighted by atomic mass is 19.2. The van der Waals surface area contributed by atoms with E-state index in [1.54, 1.807) is 25.4 Å². The average molecular weight is 324 g/mol. The fraction of sp³-hybridized carbons (Fsp3) is 0.167. The average Bonchev–Trinajstić information content (AvgIpc) is 3.03. The zero-order valence-corrected chi connectivity index (χ0v) is 13.0. The summed E-state index contributed by atoms with van der Waals surface area (Å²) in [5.41, 5.74) is 3.51. The van der Waals surface area contributed by atoms with Crippen molar-refractivity contribution in [3.05, 3.63) is 71.2 Å². The Labute approximate surface area is 137 Å². The number of pyridine rings is 1. The number of aryl methyl sites for hydroxylation is 1. The van der Waals surface area contributed by atoms with Gasteiger partial charge in [-0.05, 0) is 30.7 Å². The summed E-state index contributed by atoms with van der Waals surface area (Å²) in [7, 11) is 0. The number of hydrogen-bond donors (Lipinski definition) is 0. The molecule has 1 aliphatic heterocycles. The molecule has 0 fully saturated rings. The van der Waals surface area contributed by atoms with Gasteiger partial charge in [-0.2, -0.15) is 0 Å². The molecule has 1 aromatic carbocycles. The Bertz CT molecular complexity index is 889. The van der Waals surface area contributed by atoms with Crippen molar-refractivity contribution in [2.24, 2.45) is 0 Å². The maximum Gasteiger partial charge on any atom is 0.178 e. The SMILES string of the molecule is Cc1cc(N2Cc3cnc(-c4ccccn4)nc3C2)cc(F)c1F. The molecule has 3 aromatic rings. The summed E-state index contributed by atoms with van der Waals surface area (Å²) in [6, 6.07) is 8.45. The predicted octanol–water partition coefficient (Wildman–Crippen LogP) is 3.65. The Hall–Kier alpha value is -2.89. The molecule has 0 amide bonds. The van der Waals surface area contributed by atoms with Gasteiger partial charge in [0.25, 0.3) is 0 Å². The molecule has 3 heterocycles. The molecular weight excluding hydrogens is 310 g/mol. The van der Waals surface area contributed by atoms with Gasteiger partial charge in [-0.3, -0.25) is 4.98 Å². The smallest absolute Gasteiger partial charge is 0.178 e. The Morgan fingerprint density at radius 3 is 2.71 bits per heavy atom. The van der Waals surface area contributed by atoms with Crippen LogP contribution in [0.1, 0.15) is 16.8 Å². The first-order chi connectivity index (χ1) is 11.6. The second kappa shape index (κ2) is 5.63. The molecule has 2 aromatic heterocycles. The van der Waals surface area contributed by atoms with Crippen LogP contribution in [-0.2, 0) is 13.1 Å². The molecule has 0 saturated carbocycles. The maximum atomic E-state index is 13.7. The Kier molecular flexibility index (Phi) is 3.45. The third-order valence-electron chi connectivity index (χ3n) is 4.11. The zero-order chi connectivity index (χ0) is 16.7. The number of hydrogen-bond acceptors (Lipinski definition) is 4. The van der Waals surface area contributed by atoms with Gasteiger partial charge in [0.05, 0.1) is 12.2 Å². The fourth-order valence-corrected chi connectivity index (χ4v) is 2.85. The minimum Gasteiger partial charge on any atom is -0.361 e. The second-order valence-electron chi connectivity index (χ2n) is 5.80. The molecule has 6 heteroatoms. The van der Waals surface area contributed by atoms with E-state index in [1.807, 2.05) is 23.1 Å². The summed E-state index contributed by atoms with van der Waals surface area (Å²) in [5.74, 6) is -1.06. The van der Waals surface area contributed by atoms with Crippen LogP contribution in [0.3, 0.4) is 0 Å². The van der Waals surface area contributed by atoms with Crippen molar-refractivity contribution in [3.8, 4) is 11.5 Å². The van der Waals surface area contributed by atoms with Crippen molar-refractivity contribution in [1.82, 2.24) is 15.0 Å². The molecule has 120 valence electrons. The van der Waals surface area contributed by atoms with Gasteiger partial charge in [0.2, 0.25) is 0 Å². The summed E-state index contributed by atoms with van der Waals surface area (Å²) in [5, 5.41) is 0. The topological polar surface area (TPSA) is 41.9 Å². The molecular formula is C18H14F2N4. The molecule has 0 aliphatic carbocycles. The number of rotatable bonds is 2. The molecule has 0 radical (unpaired) electrons. The van der Waals surface area contributed by atoms with Gasteiger partial charge in [-0.1, -0.05) is 6.07 Å². The Balaban J connectivity index is 1.65. The molecule has 24 heavy (non-hydrogen) atoms. The lowest BCUT2D eigenvalue weighted by Crippen LogP contribution is -2.15. The van der Waals surface area contributed by atoms with E-state index in [0.717, 1.165) is 11.3 Å². The van der Waals surface area contributed by atoms with E-state index in [-0.39, 0.29) is 0 Å². The van der Waals surface area contributed by atoms with Gasteiger partial charge < -0.3 is 4.90 Å². The predicted molar refractivity (Wildman–Crippen MR) is 86.2 cm³/mol. The molecule has 4 nitrogen and oxygen atoms in total. The molecule has 0 saturated heterocycles. The first-order valence-electron chi connectivity index (χ1n) is 7.58. The van der Waals surface area contributed by atoms with E-state index in [1.165, 1.54) is 6.07 Å². The lowest BCUT2D eigenvalue weighted by molar-refractivity contribution is 0.503. The van der Waals surface area contributed by atoms with Crippen molar-refractivity contribution in [3.63, 3.8) is 0 Å². The first kappa shape index (κ1) is 14.7. The van der Waals surface area contributed by atoms with E-state index in [4.69, 9.17) is 0 Å². The molecule has 0 N–H and O–H groups in total. The third kappa shape index (κ3) is 2.50. The van der Waals surface area contributed by atoms with Crippen LogP contribution in [0.25, 0.3) is 11.5 Å². The summed E-state index contributed by atoms with van der Waals surface area (Å²) >= 11 is 0. The molecule has 1 aliphatic rings. The van der Waals surface area contributed by atoms with Gasteiger partial charge >= 0.3 is 0 Å². The summed E-state index contributed by atoms with van der Waals surface area (Å²) in [6.07, 6.45) is 3.47. The van der Waals surface area contributed by atoms with Gasteiger partial charge in [0.1, 0.15) is 5.69 Å². The highest BCUT2D eigenvalue weighted by Crippen LogP contribution is 2.30. The summed E-state index contributed by atoms with van der Waals surface area (Å²) in [6.45, 7) is 2.66. The first-order valence-corrected chi connectivity index (χ1v) is 7.58. The number of benzene rings is 1. The third-order valence-corrected chi connectivity index (χ3v) is 4.11. The van der Waals surface area contributed by atoms with E-state index in [9.17, 15) is 8.78 Å². The molecule has 0 atom stereocenters. The molecule has 4 rings (SSSR count). The van der Waals surface area contributed by atoms with Crippen LogP contribution in [0.4, 0.5) is 14.5 Å². The van der Waals surface area contributed by atoms with Gasteiger partial charge in [0.15, 0.2) is 17.5 Å². The van der Waals surface area contributed by atoms with Crippen molar-refractivity contribution in [1.29, 1.82) is 0 Å². The lowest BCUT2D eigenvalue weighted by Gasteiger charge is -2.18. The van der Waals surface area contributed by atoms with Crippen LogP contribution < -0.4 is 4.90 Å². The number of fused-ring (bicyclic) bond motifs is 1. The van der Waals surface area contributed by atoms with Crippen LogP contribution >= 0.6 is 0 Å². The van der Waals surface area contributed by atoms with Crippen molar-refractivity contribution >= 4 is 5.69 Å². The Morgan fingerprint density at radius 2 is 1.96 bits per heavy atom. The quantitative estimate of drug-likeness (QED) is 0.722. The normalized spacial score (nSPS) is 13.2. The molecule has 0 unspecified atom stereocenters. The fourth-order valence-electron chi connectivity index (χ4n) is 2.85. The van der Waals surface area contributed by atoms with Crippen molar-refractivity contribution in [2.45, 2.75) is 20.0 Å². The van der Waals surface area contributed by atoms with E-state index >= 15 is 0 Å². The van der Waals surface area contributed by atoms with Crippen LogP contribution in [0.5, 0.6) is 0 Å². The van der Waals surface area contributed by atoms with Crippen molar-refractivity contribution in [2.75, 3.05) is 4.90 Å². The summed E-state index contributed by atoms with van der Waals surface area (Å²) < 4.78 is 27.1. The van der Waals surface area contributed by atoms with E-state index in [2.05, 4.69) is 15.0 Å². The number of halogens is 2. The van der Waals surface area contributed by atoms with Gasteiger partial charge in [-0.25, -0.2) is 18.7 Å². The molecule has 0 bridgehead atoms. The molecule has 0 spiro atoms. The monoisotopic (exact) mass is 324 g/mol. The van der Waals surface area contributed by atoms with Crippen LogP contribution in [0.2, 0.25) is 0 Å². The maximum absolute atomic E-state index is 13.7. The van der Waals surface area contributed by atoms with Crippen LogP contribution in [0.15, 0.2) is 42.7 Å². The number of nitrogens with zero attached hydrogens (tertiary/aromatic N) is 4. The second-order valence-corrected chi connectivity index (χ2v) is 5.80. The van der Waals surface area contributed by atoms with Gasteiger partial charge in [-0.15, -0.1) is 0 Å². The van der Waals surface area contributed by atoms with E-state index < -0.39 is 11.6 Å². The minimum absolute atomic E-state index is 0.293. The summed E-state index contributed by atoms with van der Waals surface area (Å²) in [4.78, 5) is 15.2. The van der Waals surface area contributed by atoms with Crippen LogP contribution in [-0.4, -0.2) is 15.0 Å². The highest BCUT2D eigenvalue weighted by Gasteiger charge is 2.23. The zero-order valence-electron chi connectivity index (χ0n) is 13.0. The van der Waals surface area contributed by atoms with E-state index in [0.29, 0.717) is 35.9 Å². The highest BCUT2D eigenvalue weighted by molar-refractivity contribution is 5.54. The largest absolute Gasteiger partial charge is 0.361 e. The standard InChI is InChI=1S/C18H14F2N4/c1-11-6-13(7-14(19)17(11)20)24-9-12-8-22-18(23-16(12)10-24)15-4-2-3-5-21-15/h2-8H,9-10H2,1H3. The minimum atomic E-state index is -0.832. The lowest BCUT2D eigenvalue weighted by atomic mass is 10.2.